The van der Waals surface area contributed by atoms with Gasteiger partial charge in [0.1, 0.15) is 10.3 Å². The molecule has 0 fully saturated rings. The first kappa shape index (κ1) is 19.6. The Labute approximate surface area is 203 Å². The Bertz CT molecular complexity index is 1820. The quantitative estimate of drug-likeness (QED) is 0.164. The Kier molecular flexibility index (Phi) is 4.22. The van der Waals surface area contributed by atoms with Crippen LogP contribution in [0.2, 0.25) is 10.3 Å². The van der Waals surface area contributed by atoms with E-state index in [4.69, 9.17) is 23.2 Å². The van der Waals surface area contributed by atoms with Crippen LogP contribution in [-0.4, -0.2) is 19.9 Å². The highest BCUT2D eigenvalue weighted by atomic mass is 35.5. The molecular formula is C28H14Cl2N4. The lowest BCUT2D eigenvalue weighted by atomic mass is 9.98. The van der Waals surface area contributed by atoms with E-state index in [0.29, 0.717) is 10.3 Å². The maximum atomic E-state index is 6.16. The first-order chi connectivity index (χ1) is 16.7. The van der Waals surface area contributed by atoms with Crippen molar-refractivity contribution >= 4 is 87.8 Å². The van der Waals surface area contributed by atoms with Gasteiger partial charge < -0.3 is 0 Å². The molecule has 8 aromatic rings. The van der Waals surface area contributed by atoms with Crippen molar-refractivity contribution in [2.45, 2.75) is 0 Å². The van der Waals surface area contributed by atoms with Crippen molar-refractivity contribution in [2.24, 2.45) is 0 Å². The normalized spacial score (nSPS) is 11.8. The van der Waals surface area contributed by atoms with E-state index >= 15 is 0 Å². The Morgan fingerprint density at radius 1 is 0.382 bits per heavy atom. The van der Waals surface area contributed by atoms with Crippen LogP contribution in [0.25, 0.3) is 64.6 Å². The van der Waals surface area contributed by atoms with Crippen LogP contribution in [0.1, 0.15) is 0 Å². The van der Waals surface area contributed by atoms with Gasteiger partial charge in [0.05, 0.1) is 0 Å². The molecule has 160 valence electrons. The van der Waals surface area contributed by atoms with E-state index < -0.39 is 0 Å². The first-order valence-corrected chi connectivity index (χ1v) is 11.5. The number of halogens is 2. The van der Waals surface area contributed by atoms with Crippen molar-refractivity contribution in [3.05, 3.63) is 96.0 Å². The summed E-state index contributed by atoms with van der Waals surface area (Å²) in [4.78, 5) is 16.9. The van der Waals surface area contributed by atoms with Gasteiger partial charge in [0.2, 0.25) is 0 Å². The molecule has 0 atom stereocenters. The molecule has 0 unspecified atom stereocenters. The molecule has 0 N–H and O–H groups in total. The van der Waals surface area contributed by atoms with Gasteiger partial charge in [-0.15, -0.1) is 0 Å². The van der Waals surface area contributed by atoms with Crippen molar-refractivity contribution in [3.8, 4) is 0 Å². The molecule has 8 rings (SSSR count). The van der Waals surface area contributed by atoms with E-state index in [1.165, 1.54) is 21.5 Å². The number of aromatic nitrogens is 4. The summed E-state index contributed by atoms with van der Waals surface area (Å²) in [6.07, 6.45) is 11.2. The highest BCUT2D eigenvalue weighted by Crippen LogP contribution is 2.37. The highest BCUT2D eigenvalue weighted by molar-refractivity contribution is 6.38. The van der Waals surface area contributed by atoms with E-state index in [9.17, 15) is 0 Å². The summed E-state index contributed by atoms with van der Waals surface area (Å²) in [7, 11) is 0. The van der Waals surface area contributed by atoms with Gasteiger partial charge in [-0.3, -0.25) is 9.97 Å². The van der Waals surface area contributed by atoms with Crippen LogP contribution < -0.4 is 0 Å². The molecule has 4 aromatic heterocycles. The lowest BCUT2D eigenvalue weighted by molar-refractivity contribution is 1.37. The molecular weight excluding hydrogens is 463 g/mol. The van der Waals surface area contributed by atoms with Gasteiger partial charge in [-0.2, -0.15) is 0 Å². The van der Waals surface area contributed by atoms with Gasteiger partial charge in [-0.05, 0) is 0 Å². The number of hydrogen-bond acceptors (Lipinski definition) is 4. The average molecular weight is 477 g/mol. The van der Waals surface area contributed by atoms with Crippen LogP contribution in [0.15, 0.2) is 85.7 Å². The monoisotopic (exact) mass is 476 g/mol. The summed E-state index contributed by atoms with van der Waals surface area (Å²) in [5, 5.41) is 14.7. The van der Waals surface area contributed by atoms with Crippen molar-refractivity contribution < 1.29 is 0 Å². The summed E-state index contributed by atoms with van der Waals surface area (Å²) < 4.78 is 0. The smallest absolute Gasteiger partial charge is 0.136 e. The molecule has 0 bridgehead atoms. The minimum Gasteiger partial charge on any atom is -0.263 e. The maximum absolute atomic E-state index is 6.16. The van der Waals surface area contributed by atoms with Gasteiger partial charge in [-0.1, -0.05) is 71.7 Å². The minimum absolute atomic E-state index is 0.559. The Hall–Kier alpha value is -3.86. The van der Waals surface area contributed by atoms with Crippen molar-refractivity contribution in [1.82, 2.24) is 19.9 Å². The van der Waals surface area contributed by atoms with E-state index in [2.05, 4.69) is 44.2 Å². The van der Waals surface area contributed by atoms with Crippen LogP contribution in [0.5, 0.6) is 0 Å². The maximum Gasteiger partial charge on any atom is 0.136 e. The van der Waals surface area contributed by atoms with Crippen LogP contribution in [-0.2, 0) is 0 Å². The molecule has 6 heteroatoms. The Balaban J connectivity index is 0.000000118. The van der Waals surface area contributed by atoms with Crippen LogP contribution in [0.3, 0.4) is 0 Å². The van der Waals surface area contributed by atoms with E-state index in [0.717, 1.165) is 43.1 Å². The third kappa shape index (κ3) is 2.79. The number of rotatable bonds is 0. The topological polar surface area (TPSA) is 51.6 Å². The fourth-order valence-electron chi connectivity index (χ4n) is 4.93. The van der Waals surface area contributed by atoms with Crippen molar-refractivity contribution in [2.75, 3.05) is 0 Å². The lowest BCUT2D eigenvalue weighted by Gasteiger charge is -2.09. The molecule has 0 saturated carbocycles. The second-order valence-corrected chi connectivity index (χ2v) is 9.02. The molecule has 4 nitrogen and oxygen atoms in total. The molecule has 0 radical (unpaired) electrons. The van der Waals surface area contributed by atoms with Crippen molar-refractivity contribution in [1.29, 1.82) is 0 Å². The molecule has 0 aliphatic rings. The van der Waals surface area contributed by atoms with Crippen LogP contribution in [0, 0.1) is 0 Å². The summed E-state index contributed by atoms with van der Waals surface area (Å²) in [6, 6.07) is 16.4. The van der Waals surface area contributed by atoms with Crippen LogP contribution >= 0.6 is 23.2 Å². The Morgan fingerprint density at radius 3 is 1.09 bits per heavy atom. The zero-order valence-corrected chi connectivity index (χ0v) is 19.1. The number of pyridine rings is 4. The Morgan fingerprint density at radius 2 is 0.706 bits per heavy atom. The lowest BCUT2D eigenvalue weighted by Crippen LogP contribution is -1.87. The molecule has 0 aliphatic carbocycles. The van der Waals surface area contributed by atoms with Gasteiger partial charge in [0.15, 0.2) is 0 Å². The van der Waals surface area contributed by atoms with Gasteiger partial charge in [-0.25, -0.2) is 9.97 Å². The summed E-state index contributed by atoms with van der Waals surface area (Å²) in [6.45, 7) is 0. The molecule has 0 aliphatic heterocycles. The third-order valence-corrected chi connectivity index (χ3v) is 7.05. The summed E-state index contributed by atoms with van der Waals surface area (Å²) in [5.74, 6) is 0. The second kappa shape index (κ2) is 7.32. The summed E-state index contributed by atoms with van der Waals surface area (Å²) >= 11 is 12.3. The molecule has 0 spiro atoms. The molecule has 0 saturated heterocycles. The minimum atomic E-state index is 0.559. The number of benzene rings is 4. The fourth-order valence-corrected chi connectivity index (χ4v) is 5.34. The third-order valence-electron chi connectivity index (χ3n) is 6.45. The van der Waals surface area contributed by atoms with Gasteiger partial charge >= 0.3 is 0 Å². The van der Waals surface area contributed by atoms with E-state index in [-0.39, 0.29) is 0 Å². The largest absolute Gasteiger partial charge is 0.263 e. The van der Waals surface area contributed by atoms with Gasteiger partial charge in [0, 0.05) is 102 Å². The molecule has 0 amide bonds. The molecule has 4 heterocycles. The first-order valence-electron chi connectivity index (χ1n) is 10.7. The van der Waals surface area contributed by atoms with E-state index in [1.54, 1.807) is 0 Å². The zero-order valence-electron chi connectivity index (χ0n) is 17.6. The molecule has 4 aromatic carbocycles. The predicted molar refractivity (Wildman–Crippen MR) is 141 cm³/mol. The predicted octanol–water partition coefficient (Wildman–Crippen LogP) is 8.05. The van der Waals surface area contributed by atoms with E-state index in [1.807, 2.05) is 61.4 Å². The number of hydrogen-bond donors (Lipinski definition) is 0. The fraction of sp³-hybridized carbons (Fsp3) is 0. The summed E-state index contributed by atoms with van der Waals surface area (Å²) in [5.41, 5.74) is 0. The second-order valence-electron chi connectivity index (χ2n) is 8.31. The van der Waals surface area contributed by atoms with Gasteiger partial charge in [0.25, 0.3) is 0 Å². The standard InChI is InChI=1S/2C14H7ClN2/c2*15-14-11-4-3-9-6-16-5-8-1-2-10(7-17-14)13(11)12(8)9/h2*1-7H. The van der Waals surface area contributed by atoms with Crippen LogP contribution in [0.4, 0.5) is 0 Å². The average Bonchev–Trinajstić information content (AvgIpc) is 2.88. The van der Waals surface area contributed by atoms with Crippen molar-refractivity contribution in [3.63, 3.8) is 0 Å². The molecule has 34 heavy (non-hydrogen) atoms. The highest BCUT2D eigenvalue weighted by Gasteiger charge is 2.11. The zero-order chi connectivity index (χ0) is 22.8. The SMILES string of the molecule is Clc1ncc2ccc3cncc4ccc1c2c34.Clc1ncc2ccc3cncc4ccc1c2c34. The number of nitrogens with zero attached hydrogens (tertiary/aromatic N) is 4.